The fourth-order valence-corrected chi connectivity index (χ4v) is 2.85. The van der Waals surface area contributed by atoms with Gasteiger partial charge in [0, 0.05) is 18.8 Å². The van der Waals surface area contributed by atoms with Gasteiger partial charge in [0.1, 0.15) is 4.60 Å². The van der Waals surface area contributed by atoms with E-state index >= 15 is 0 Å². The van der Waals surface area contributed by atoms with E-state index in [0.29, 0.717) is 6.04 Å². The molecule has 16 heavy (non-hydrogen) atoms. The van der Waals surface area contributed by atoms with Crippen LogP contribution in [0.15, 0.2) is 22.9 Å². The van der Waals surface area contributed by atoms with Gasteiger partial charge in [0.15, 0.2) is 0 Å². The van der Waals surface area contributed by atoms with Crippen molar-refractivity contribution in [3.63, 3.8) is 0 Å². The molecular formula is C13H15BrN2. The summed E-state index contributed by atoms with van der Waals surface area (Å²) in [4.78, 5) is 4.39. The Bertz CT molecular complexity index is 453. The monoisotopic (exact) mass is 278 g/mol. The van der Waals surface area contributed by atoms with Crippen molar-refractivity contribution in [1.82, 2.24) is 10.3 Å². The molecule has 1 fully saturated rings. The van der Waals surface area contributed by atoms with E-state index in [1.165, 1.54) is 36.1 Å². The minimum absolute atomic E-state index is 0.580. The molecule has 0 aromatic carbocycles. The minimum atomic E-state index is 0.580. The Labute approximate surface area is 104 Å². The van der Waals surface area contributed by atoms with Crippen molar-refractivity contribution in [3.05, 3.63) is 34.1 Å². The maximum Gasteiger partial charge on any atom is 0.109 e. The molecule has 1 aromatic rings. The standard InChI is InChI=1S/C13H15BrN2/c1-8-5-10(7-16-13(8)14)11-4-2-3-9-6-15-12(9)11/h4-5,7,9,12,15H,2-3,6H2,1H3/t9-,12+/m1/s1. The van der Waals surface area contributed by atoms with Gasteiger partial charge in [-0.3, -0.25) is 0 Å². The number of hydrogen-bond donors (Lipinski definition) is 1. The van der Waals surface area contributed by atoms with E-state index in [1.54, 1.807) is 0 Å². The van der Waals surface area contributed by atoms with Crippen LogP contribution in [0.5, 0.6) is 0 Å². The molecule has 0 spiro atoms. The first-order valence-electron chi connectivity index (χ1n) is 5.81. The molecule has 0 amide bonds. The molecular weight excluding hydrogens is 264 g/mol. The molecule has 1 aromatic heterocycles. The molecule has 0 bridgehead atoms. The highest BCUT2D eigenvalue weighted by atomic mass is 79.9. The van der Waals surface area contributed by atoms with Crippen molar-refractivity contribution in [2.75, 3.05) is 6.54 Å². The molecule has 0 unspecified atom stereocenters. The lowest BCUT2D eigenvalue weighted by molar-refractivity contribution is 0.262. The number of halogens is 1. The molecule has 0 saturated carbocycles. The van der Waals surface area contributed by atoms with E-state index in [4.69, 9.17) is 0 Å². The van der Waals surface area contributed by atoms with Gasteiger partial charge in [-0.1, -0.05) is 6.08 Å². The molecule has 1 aliphatic heterocycles. The maximum atomic E-state index is 4.39. The van der Waals surface area contributed by atoms with Gasteiger partial charge in [-0.2, -0.15) is 0 Å². The summed E-state index contributed by atoms with van der Waals surface area (Å²) in [6.45, 7) is 3.28. The highest BCUT2D eigenvalue weighted by Gasteiger charge is 2.35. The highest BCUT2D eigenvalue weighted by molar-refractivity contribution is 9.10. The van der Waals surface area contributed by atoms with Gasteiger partial charge in [-0.05, 0) is 64.4 Å². The van der Waals surface area contributed by atoms with Crippen molar-refractivity contribution >= 4 is 21.5 Å². The molecule has 1 saturated heterocycles. The Morgan fingerprint density at radius 1 is 1.50 bits per heavy atom. The second-order valence-electron chi connectivity index (χ2n) is 4.71. The largest absolute Gasteiger partial charge is 0.309 e. The zero-order chi connectivity index (χ0) is 11.1. The summed E-state index contributed by atoms with van der Waals surface area (Å²) in [5.74, 6) is 0.851. The molecule has 3 heteroatoms. The van der Waals surface area contributed by atoms with Crippen molar-refractivity contribution in [2.45, 2.75) is 25.8 Å². The number of hydrogen-bond acceptors (Lipinski definition) is 2. The molecule has 2 atom stereocenters. The molecule has 2 nitrogen and oxygen atoms in total. The lowest BCUT2D eigenvalue weighted by atomic mass is 9.76. The number of nitrogens with one attached hydrogen (secondary N) is 1. The molecule has 0 radical (unpaired) electrons. The summed E-state index contributed by atoms with van der Waals surface area (Å²) >= 11 is 3.45. The Kier molecular flexibility index (Phi) is 2.60. The number of allylic oxidation sites excluding steroid dienone is 1. The predicted octanol–water partition coefficient (Wildman–Crippen LogP) is 2.92. The van der Waals surface area contributed by atoms with Crippen LogP contribution in [-0.2, 0) is 0 Å². The highest BCUT2D eigenvalue weighted by Crippen LogP contribution is 2.36. The molecule has 2 aliphatic rings. The number of pyridine rings is 1. The summed E-state index contributed by atoms with van der Waals surface area (Å²) in [6.07, 6.45) is 6.90. The third-order valence-corrected chi connectivity index (χ3v) is 4.49. The van der Waals surface area contributed by atoms with Gasteiger partial charge in [0.05, 0.1) is 0 Å². The van der Waals surface area contributed by atoms with Crippen LogP contribution in [0.1, 0.15) is 24.0 Å². The van der Waals surface area contributed by atoms with Crippen LogP contribution in [0.2, 0.25) is 0 Å². The number of aromatic nitrogens is 1. The van der Waals surface area contributed by atoms with Crippen molar-refractivity contribution in [1.29, 1.82) is 0 Å². The minimum Gasteiger partial charge on any atom is -0.309 e. The fraction of sp³-hybridized carbons (Fsp3) is 0.462. The van der Waals surface area contributed by atoms with E-state index in [0.717, 1.165) is 10.5 Å². The summed E-state index contributed by atoms with van der Waals surface area (Å²) in [5.41, 5.74) is 3.94. The Morgan fingerprint density at radius 2 is 2.38 bits per heavy atom. The van der Waals surface area contributed by atoms with Crippen LogP contribution in [-0.4, -0.2) is 17.6 Å². The van der Waals surface area contributed by atoms with Crippen molar-refractivity contribution in [2.24, 2.45) is 5.92 Å². The molecule has 84 valence electrons. The second-order valence-corrected chi connectivity index (χ2v) is 5.47. The number of nitrogens with zero attached hydrogens (tertiary/aromatic N) is 1. The van der Waals surface area contributed by atoms with E-state index in [9.17, 15) is 0 Å². The molecule has 1 N–H and O–H groups in total. The Balaban J connectivity index is 1.96. The van der Waals surface area contributed by atoms with Crippen LogP contribution in [0.4, 0.5) is 0 Å². The second kappa shape index (κ2) is 3.97. The maximum absolute atomic E-state index is 4.39. The first-order chi connectivity index (χ1) is 7.75. The van der Waals surface area contributed by atoms with Crippen LogP contribution < -0.4 is 5.32 Å². The van der Waals surface area contributed by atoms with Gasteiger partial charge in [-0.25, -0.2) is 4.98 Å². The van der Waals surface area contributed by atoms with Crippen molar-refractivity contribution < 1.29 is 0 Å². The number of aryl methyl sites for hydroxylation is 1. The average Bonchev–Trinajstić information content (AvgIpc) is 2.24. The Hall–Kier alpha value is -0.670. The topological polar surface area (TPSA) is 24.9 Å². The van der Waals surface area contributed by atoms with Crippen LogP contribution in [0.25, 0.3) is 5.57 Å². The first-order valence-corrected chi connectivity index (χ1v) is 6.61. The third-order valence-electron chi connectivity index (χ3n) is 3.66. The van der Waals surface area contributed by atoms with Crippen LogP contribution >= 0.6 is 15.9 Å². The van der Waals surface area contributed by atoms with E-state index in [1.807, 2.05) is 6.20 Å². The first kappa shape index (κ1) is 10.5. The van der Waals surface area contributed by atoms with Gasteiger partial charge >= 0.3 is 0 Å². The molecule has 3 rings (SSSR count). The van der Waals surface area contributed by atoms with Crippen LogP contribution in [0, 0.1) is 12.8 Å². The smallest absolute Gasteiger partial charge is 0.109 e. The quantitative estimate of drug-likeness (QED) is 0.799. The third kappa shape index (κ3) is 1.62. The number of rotatable bonds is 1. The zero-order valence-electron chi connectivity index (χ0n) is 9.33. The van der Waals surface area contributed by atoms with Gasteiger partial charge in [-0.15, -0.1) is 0 Å². The predicted molar refractivity (Wildman–Crippen MR) is 69.2 cm³/mol. The Morgan fingerprint density at radius 3 is 3.06 bits per heavy atom. The summed E-state index contributed by atoms with van der Waals surface area (Å²) in [5, 5.41) is 3.52. The summed E-state index contributed by atoms with van der Waals surface area (Å²) in [7, 11) is 0. The van der Waals surface area contributed by atoms with Crippen molar-refractivity contribution in [3.8, 4) is 0 Å². The zero-order valence-corrected chi connectivity index (χ0v) is 10.9. The lowest BCUT2D eigenvalue weighted by Crippen LogP contribution is -2.54. The summed E-state index contributed by atoms with van der Waals surface area (Å²) < 4.78 is 0.950. The van der Waals surface area contributed by atoms with E-state index in [-0.39, 0.29) is 0 Å². The summed E-state index contributed by atoms with van der Waals surface area (Å²) in [6, 6.07) is 2.81. The van der Waals surface area contributed by atoms with Gasteiger partial charge in [0.25, 0.3) is 0 Å². The van der Waals surface area contributed by atoms with E-state index < -0.39 is 0 Å². The number of fused-ring (bicyclic) bond motifs is 1. The fourth-order valence-electron chi connectivity index (χ4n) is 2.63. The SMILES string of the molecule is Cc1cc(C2=CCC[C@@H]3CN[C@H]23)cnc1Br. The molecule has 2 heterocycles. The normalized spacial score (nSPS) is 28.0. The average molecular weight is 279 g/mol. The van der Waals surface area contributed by atoms with E-state index in [2.05, 4.69) is 45.3 Å². The van der Waals surface area contributed by atoms with Gasteiger partial charge in [0.2, 0.25) is 0 Å². The molecule has 1 aliphatic carbocycles. The van der Waals surface area contributed by atoms with Crippen LogP contribution in [0.3, 0.4) is 0 Å². The van der Waals surface area contributed by atoms with Gasteiger partial charge < -0.3 is 5.32 Å². The lowest BCUT2D eigenvalue weighted by Gasteiger charge is -2.42.